The molecule has 0 radical (unpaired) electrons. The van der Waals surface area contributed by atoms with Gasteiger partial charge >= 0.3 is 0 Å². The first kappa shape index (κ1) is 19.9. The van der Waals surface area contributed by atoms with Crippen molar-refractivity contribution in [2.24, 2.45) is 23.2 Å². The van der Waals surface area contributed by atoms with Gasteiger partial charge in [-0.15, -0.1) is 12.4 Å². The van der Waals surface area contributed by atoms with Crippen molar-refractivity contribution in [2.45, 2.75) is 51.9 Å². The molecule has 1 aliphatic carbocycles. The van der Waals surface area contributed by atoms with Crippen molar-refractivity contribution in [2.75, 3.05) is 39.3 Å². The molecular formula is C20H34ClN3O2. The van der Waals surface area contributed by atoms with Crippen molar-refractivity contribution in [3.05, 3.63) is 0 Å². The van der Waals surface area contributed by atoms with Gasteiger partial charge in [-0.3, -0.25) is 9.59 Å². The van der Waals surface area contributed by atoms with Gasteiger partial charge in [0, 0.05) is 38.0 Å². The van der Waals surface area contributed by atoms with Crippen LogP contribution in [0.25, 0.3) is 0 Å². The van der Waals surface area contributed by atoms with Crippen LogP contribution in [-0.4, -0.2) is 60.9 Å². The molecule has 4 aliphatic rings. The predicted octanol–water partition coefficient (Wildman–Crippen LogP) is 2.30. The highest BCUT2D eigenvalue weighted by atomic mass is 35.5. The fourth-order valence-corrected chi connectivity index (χ4v) is 5.39. The average molecular weight is 384 g/mol. The van der Waals surface area contributed by atoms with Crippen molar-refractivity contribution >= 4 is 24.2 Å². The Morgan fingerprint density at radius 2 is 1.65 bits per heavy atom. The third-order valence-corrected chi connectivity index (χ3v) is 7.21. The molecular weight excluding hydrogens is 350 g/mol. The molecule has 4 fully saturated rings. The number of rotatable bonds is 2. The molecule has 3 aliphatic heterocycles. The number of likely N-dealkylation sites (tertiary alicyclic amines) is 2. The highest BCUT2D eigenvalue weighted by molar-refractivity contribution is 5.85. The Balaban J connectivity index is 0.00000196. The largest absolute Gasteiger partial charge is 0.342 e. The second-order valence-corrected chi connectivity index (χ2v) is 9.00. The molecule has 0 aromatic carbocycles. The van der Waals surface area contributed by atoms with E-state index in [4.69, 9.17) is 0 Å². The zero-order valence-corrected chi connectivity index (χ0v) is 16.9. The van der Waals surface area contributed by atoms with Crippen LogP contribution < -0.4 is 5.32 Å². The summed E-state index contributed by atoms with van der Waals surface area (Å²) in [5.41, 5.74) is 0.318. The van der Waals surface area contributed by atoms with Gasteiger partial charge in [-0.25, -0.2) is 0 Å². The van der Waals surface area contributed by atoms with Crippen molar-refractivity contribution in [1.82, 2.24) is 15.1 Å². The summed E-state index contributed by atoms with van der Waals surface area (Å²) in [4.78, 5) is 29.8. The van der Waals surface area contributed by atoms with Crippen LogP contribution in [0.15, 0.2) is 0 Å². The van der Waals surface area contributed by atoms with Gasteiger partial charge in [-0.05, 0) is 69.4 Å². The predicted molar refractivity (Wildman–Crippen MR) is 104 cm³/mol. The number of halogens is 1. The summed E-state index contributed by atoms with van der Waals surface area (Å²) < 4.78 is 0. The molecule has 148 valence electrons. The van der Waals surface area contributed by atoms with Gasteiger partial charge in [0.15, 0.2) is 0 Å². The molecule has 3 heterocycles. The summed E-state index contributed by atoms with van der Waals surface area (Å²) >= 11 is 0. The molecule has 0 aromatic rings. The fraction of sp³-hybridized carbons (Fsp3) is 0.900. The Hall–Kier alpha value is -0.810. The Morgan fingerprint density at radius 1 is 0.962 bits per heavy atom. The molecule has 2 atom stereocenters. The highest BCUT2D eigenvalue weighted by Crippen LogP contribution is 2.59. The quantitative estimate of drug-likeness (QED) is 0.796. The number of nitrogens with one attached hydrogen (secondary N) is 1. The fourth-order valence-electron chi connectivity index (χ4n) is 5.39. The summed E-state index contributed by atoms with van der Waals surface area (Å²) in [6.45, 7) is 7.79. The van der Waals surface area contributed by atoms with E-state index in [1.165, 1.54) is 6.42 Å². The monoisotopic (exact) mass is 383 g/mol. The lowest BCUT2D eigenvalue weighted by Crippen LogP contribution is -2.47. The van der Waals surface area contributed by atoms with E-state index in [-0.39, 0.29) is 24.2 Å². The van der Waals surface area contributed by atoms with E-state index in [0.717, 1.165) is 77.8 Å². The van der Waals surface area contributed by atoms with E-state index in [0.29, 0.717) is 23.1 Å². The van der Waals surface area contributed by atoms with Gasteiger partial charge in [0.05, 0.1) is 0 Å². The van der Waals surface area contributed by atoms with E-state index in [2.05, 4.69) is 22.0 Å². The number of nitrogens with zero attached hydrogens (tertiary/aromatic N) is 2. The number of hydrogen-bond donors (Lipinski definition) is 1. The second-order valence-electron chi connectivity index (χ2n) is 9.00. The molecule has 0 bridgehead atoms. The van der Waals surface area contributed by atoms with Crippen molar-refractivity contribution in [3.63, 3.8) is 0 Å². The van der Waals surface area contributed by atoms with Crippen LogP contribution in [0.3, 0.4) is 0 Å². The van der Waals surface area contributed by atoms with Gasteiger partial charge < -0.3 is 15.1 Å². The van der Waals surface area contributed by atoms with Gasteiger partial charge in [-0.2, -0.15) is 0 Å². The van der Waals surface area contributed by atoms with Gasteiger partial charge in [0.25, 0.3) is 0 Å². The Kier molecular flexibility index (Phi) is 6.18. The van der Waals surface area contributed by atoms with E-state index < -0.39 is 0 Å². The first-order valence-electron chi connectivity index (χ1n) is 10.4. The third-order valence-electron chi connectivity index (χ3n) is 7.21. The van der Waals surface area contributed by atoms with Crippen LogP contribution >= 0.6 is 12.4 Å². The first-order chi connectivity index (χ1) is 12.1. The van der Waals surface area contributed by atoms with Gasteiger partial charge in [-0.1, -0.05) is 6.92 Å². The molecule has 2 amide bonds. The van der Waals surface area contributed by atoms with Crippen LogP contribution in [0.2, 0.25) is 0 Å². The lowest BCUT2D eigenvalue weighted by atomic mass is 9.90. The number of hydrogen-bond acceptors (Lipinski definition) is 3. The first-order valence-corrected chi connectivity index (χ1v) is 10.4. The summed E-state index contributed by atoms with van der Waals surface area (Å²) in [5.74, 6) is 1.76. The van der Waals surface area contributed by atoms with Crippen molar-refractivity contribution < 1.29 is 9.59 Å². The molecule has 2 unspecified atom stereocenters. The summed E-state index contributed by atoms with van der Waals surface area (Å²) in [6.07, 6.45) is 7.51. The summed E-state index contributed by atoms with van der Waals surface area (Å²) in [6, 6.07) is 0. The topological polar surface area (TPSA) is 52.7 Å². The molecule has 1 spiro atoms. The van der Waals surface area contributed by atoms with E-state index in [1.54, 1.807) is 0 Å². The number of carbonyl (C=O) groups is 2. The van der Waals surface area contributed by atoms with Gasteiger partial charge in [0.2, 0.25) is 11.8 Å². The number of piperidine rings is 3. The zero-order valence-electron chi connectivity index (χ0n) is 16.0. The van der Waals surface area contributed by atoms with Crippen LogP contribution in [0.4, 0.5) is 0 Å². The Labute approximate surface area is 163 Å². The molecule has 6 heteroatoms. The van der Waals surface area contributed by atoms with Crippen LogP contribution in [-0.2, 0) is 9.59 Å². The summed E-state index contributed by atoms with van der Waals surface area (Å²) in [5, 5.41) is 3.40. The van der Waals surface area contributed by atoms with Crippen LogP contribution in [0, 0.1) is 23.2 Å². The van der Waals surface area contributed by atoms with Crippen LogP contribution in [0.5, 0.6) is 0 Å². The molecule has 5 nitrogen and oxygen atoms in total. The van der Waals surface area contributed by atoms with Crippen LogP contribution in [0.1, 0.15) is 51.9 Å². The smallest absolute Gasteiger partial charge is 0.226 e. The van der Waals surface area contributed by atoms with E-state index in [9.17, 15) is 9.59 Å². The standard InChI is InChI=1S/C20H33N3O2.ClH/c1-15-3-2-10-23(14-15)18(24)16-4-11-22(12-5-16)19(25)17-13-20(17)6-8-21-9-7-20;/h15-17,21H,2-14H2,1H3;1H. The Bertz CT molecular complexity index is 527. The average Bonchev–Trinajstić information content (AvgIpc) is 3.34. The van der Waals surface area contributed by atoms with E-state index >= 15 is 0 Å². The lowest BCUT2D eigenvalue weighted by molar-refractivity contribution is -0.142. The molecule has 1 saturated carbocycles. The summed E-state index contributed by atoms with van der Waals surface area (Å²) in [7, 11) is 0. The van der Waals surface area contributed by atoms with Crippen molar-refractivity contribution in [3.8, 4) is 0 Å². The molecule has 1 N–H and O–H groups in total. The highest BCUT2D eigenvalue weighted by Gasteiger charge is 2.58. The normalized spacial score (nSPS) is 31.4. The van der Waals surface area contributed by atoms with Gasteiger partial charge in [0.1, 0.15) is 0 Å². The minimum Gasteiger partial charge on any atom is -0.342 e. The van der Waals surface area contributed by atoms with E-state index in [1.807, 2.05) is 0 Å². The third kappa shape index (κ3) is 3.89. The zero-order chi connectivity index (χ0) is 17.4. The minimum atomic E-state index is 0. The number of carbonyl (C=O) groups excluding carboxylic acids is 2. The molecule has 4 rings (SSSR count). The maximum Gasteiger partial charge on any atom is 0.226 e. The Morgan fingerprint density at radius 3 is 2.31 bits per heavy atom. The number of amides is 2. The maximum atomic E-state index is 12.9. The molecule has 3 saturated heterocycles. The lowest BCUT2D eigenvalue weighted by Gasteiger charge is -2.37. The second kappa shape index (κ2) is 8.05. The minimum absolute atomic E-state index is 0. The molecule has 0 aromatic heterocycles. The SMILES string of the molecule is CC1CCCN(C(=O)C2CCN(C(=O)C3CC34CCNCC4)CC2)C1.Cl. The maximum absolute atomic E-state index is 12.9. The van der Waals surface area contributed by atoms with Crippen molar-refractivity contribution in [1.29, 1.82) is 0 Å². The molecule has 26 heavy (non-hydrogen) atoms.